The SMILES string of the molecule is COC(=O)/C=C\Nc1cccc(C(F)(F)F)c1. The number of methoxy groups -OCH3 is 1. The molecule has 0 aliphatic rings. The molecule has 0 bridgehead atoms. The first-order valence-electron chi connectivity index (χ1n) is 4.62. The van der Waals surface area contributed by atoms with Crippen LogP contribution in [0.15, 0.2) is 36.5 Å². The Kier molecular flexibility index (Phi) is 4.14. The molecule has 17 heavy (non-hydrogen) atoms. The minimum Gasteiger partial charge on any atom is -0.466 e. The van der Waals surface area contributed by atoms with Gasteiger partial charge in [-0.05, 0) is 18.2 Å². The predicted molar refractivity (Wildman–Crippen MR) is 56.2 cm³/mol. The number of rotatable bonds is 3. The van der Waals surface area contributed by atoms with Crippen LogP contribution in [-0.2, 0) is 15.7 Å². The van der Waals surface area contributed by atoms with Crippen LogP contribution in [0.2, 0.25) is 0 Å². The molecule has 0 spiro atoms. The Morgan fingerprint density at radius 2 is 2.12 bits per heavy atom. The van der Waals surface area contributed by atoms with Crippen LogP contribution in [0.25, 0.3) is 0 Å². The quantitative estimate of drug-likeness (QED) is 0.657. The molecule has 0 saturated carbocycles. The van der Waals surface area contributed by atoms with E-state index in [0.717, 1.165) is 18.2 Å². The van der Waals surface area contributed by atoms with E-state index in [2.05, 4.69) is 10.1 Å². The van der Waals surface area contributed by atoms with Gasteiger partial charge in [-0.1, -0.05) is 6.07 Å². The van der Waals surface area contributed by atoms with E-state index < -0.39 is 17.7 Å². The molecule has 0 amide bonds. The summed E-state index contributed by atoms with van der Waals surface area (Å²) in [6, 6.07) is 4.64. The summed E-state index contributed by atoms with van der Waals surface area (Å²) in [4.78, 5) is 10.7. The summed E-state index contributed by atoms with van der Waals surface area (Å²) in [6.07, 6.45) is -2.11. The molecule has 92 valence electrons. The summed E-state index contributed by atoms with van der Waals surface area (Å²) in [6.45, 7) is 0. The fraction of sp³-hybridized carbons (Fsp3) is 0.182. The highest BCUT2D eigenvalue weighted by Crippen LogP contribution is 2.30. The normalized spacial score (nSPS) is 11.5. The molecule has 0 atom stereocenters. The van der Waals surface area contributed by atoms with E-state index in [1.165, 1.54) is 25.4 Å². The average molecular weight is 245 g/mol. The molecule has 0 fully saturated rings. The molecule has 0 saturated heterocycles. The highest BCUT2D eigenvalue weighted by Gasteiger charge is 2.30. The first-order valence-corrected chi connectivity index (χ1v) is 4.62. The topological polar surface area (TPSA) is 38.3 Å². The number of nitrogens with one attached hydrogen (secondary N) is 1. The number of esters is 1. The van der Waals surface area contributed by atoms with E-state index >= 15 is 0 Å². The Morgan fingerprint density at radius 3 is 2.71 bits per heavy atom. The Bertz CT molecular complexity index is 427. The van der Waals surface area contributed by atoms with Gasteiger partial charge < -0.3 is 10.1 Å². The maximum atomic E-state index is 12.4. The van der Waals surface area contributed by atoms with E-state index in [0.29, 0.717) is 0 Å². The third-order valence-electron chi connectivity index (χ3n) is 1.86. The third-order valence-corrected chi connectivity index (χ3v) is 1.86. The van der Waals surface area contributed by atoms with E-state index in [1.54, 1.807) is 0 Å². The summed E-state index contributed by atoms with van der Waals surface area (Å²) in [5.74, 6) is -0.593. The smallest absolute Gasteiger partial charge is 0.416 e. The number of carbonyl (C=O) groups is 1. The first kappa shape index (κ1) is 13.1. The number of ether oxygens (including phenoxy) is 1. The van der Waals surface area contributed by atoms with E-state index in [4.69, 9.17) is 0 Å². The van der Waals surface area contributed by atoms with Crippen LogP contribution in [0.3, 0.4) is 0 Å². The number of carbonyl (C=O) groups excluding carboxylic acids is 1. The second-order valence-electron chi connectivity index (χ2n) is 3.08. The second kappa shape index (κ2) is 5.38. The van der Waals surface area contributed by atoms with Crippen molar-refractivity contribution in [3.8, 4) is 0 Å². The maximum absolute atomic E-state index is 12.4. The summed E-state index contributed by atoms with van der Waals surface area (Å²) >= 11 is 0. The monoisotopic (exact) mass is 245 g/mol. The van der Waals surface area contributed by atoms with E-state index in [1.807, 2.05) is 0 Å². The van der Waals surface area contributed by atoms with Crippen LogP contribution >= 0.6 is 0 Å². The van der Waals surface area contributed by atoms with Crippen LogP contribution in [0.5, 0.6) is 0 Å². The van der Waals surface area contributed by atoms with Crippen molar-refractivity contribution in [2.75, 3.05) is 12.4 Å². The van der Waals surface area contributed by atoms with Crippen molar-refractivity contribution in [3.05, 3.63) is 42.1 Å². The van der Waals surface area contributed by atoms with Gasteiger partial charge >= 0.3 is 12.1 Å². The van der Waals surface area contributed by atoms with Gasteiger partial charge in [0.2, 0.25) is 0 Å². The molecule has 0 aliphatic carbocycles. The average Bonchev–Trinajstić information content (AvgIpc) is 2.28. The highest BCUT2D eigenvalue weighted by molar-refractivity contribution is 5.82. The number of halogens is 3. The summed E-state index contributed by atoms with van der Waals surface area (Å²) < 4.78 is 41.4. The molecule has 1 aromatic carbocycles. The van der Waals surface area contributed by atoms with Crippen molar-refractivity contribution in [3.63, 3.8) is 0 Å². The zero-order chi connectivity index (χ0) is 12.9. The van der Waals surface area contributed by atoms with Gasteiger partial charge in [0, 0.05) is 18.0 Å². The third kappa shape index (κ3) is 4.18. The lowest BCUT2D eigenvalue weighted by Crippen LogP contribution is -2.05. The number of anilines is 1. The van der Waals surface area contributed by atoms with Crippen molar-refractivity contribution in [2.24, 2.45) is 0 Å². The van der Waals surface area contributed by atoms with Gasteiger partial charge in [0.05, 0.1) is 12.7 Å². The van der Waals surface area contributed by atoms with Crippen LogP contribution in [0, 0.1) is 0 Å². The molecule has 1 N–H and O–H groups in total. The molecule has 1 rings (SSSR count). The first-order chi connectivity index (χ1) is 7.93. The Balaban J connectivity index is 2.73. The van der Waals surface area contributed by atoms with Gasteiger partial charge in [0.15, 0.2) is 0 Å². The highest BCUT2D eigenvalue weighted by atomic mass is 19.4. The van der Waals surface area contributed by atoms with Gasteiger partial charge in [-0.3, -0.25) is 0 Å². The number of benzene rings is 1. The van der Waals surface area contributed by atoms with Crippen molar-refractivity contribution < 1.29 is 22.7 Å². The lowest BCUT2D eigenvalue weighted by atomic mass is 10.2. The minimum absolute atomic E-state index is 0.236. The molecular weight excluding hydrogens is 235 g/mol. The van der Waals surface area contributed by atoms with Crippen LogP contribution in [0.4, 0.5) is 18.9 Å². The fourth-order valence-corrected chi connectivity index (χ4v) is 1.06. The van der Waals surface area contributed by atoms with Crippen LogP contribution in [-0.4, -0.2) is 13.1 Å². The number of alkyl halides is 3. The summed E-state index contributed by atoms with van der Waals surface area (Å²) in [7, 11) is 1.21. The van der Waals surface area contributed by atoms with Gasteiger partial charge in [-0.15, -0.1) is 0 Å². The molecule has 3 nitrogen and oxygen atoms in total. The van der Waals surface area contributed by atoms with Gasteiger partial charge in [-0.25, -0.2) is 4.79 Å². The molecule has 0 aliphatic heterocycles. The van der Waals surface area contributed by atoms with Gasteiger partial charge in [0.25, 0.3) is 0 Å². The Labute approximate surface area is 95.9 Å². The lowest BCUT2D eigenvalue weighted by Gasteiger charge is -2.08. The zero-order valence-corrected chi connectivity index (χ0v) is 8.91. The van der Waals surface area contributed by atoms with Crippen molar-refractivity contribution in [1.29, 1.82) is 0 Å². The molecule has 1 aromatic rings. The largest absolute Gasteiger partial charge is 0.466 e. The van der Waals surface area contributed by atoms with E-state index in [-0.39, 0.29) is 5.69 Å². The summed E-state index contributed by atoms with van der Waals surface area (Å²) in [5, 5.41) is 2.54. The molecule has 0 unspecified atom stereocenters. The minimum atomic E-state index is -4.39. The van der Waals surface area contributed by atoms with Crippen molar-refractivity contribution >= 4 is 11.7 Å². The van der Waals surface area contributed by atoms with Crippen LogP contribution in [0.1, 0.15) is 5.56 Å². The Morgan fingerprint density at radius 1 is 1.41 bits per heavy atom. The van der Waals surface area contributed by atoms with Crippen molar-refractivity contribution in [1.82, 2.24) is 0 Å². The summed E-state index contributed by atoms with van der Waals surface area (Å²) in [5.41, 5.74) is -0.519. The standard InChI is InChI=1S/C11H10F3NO2/c1-17-10(16)5-6-15-9-4-2-3-8(7-9)11(12,13)14/h2-7,15H,1H3/b6-5-. The molecule has 0 heterocycles. The van der Waals surface area contributed by atoms with Crippen molar-refractivity contribution in [2.45, 2.75) is 6.18 Å². The lowest BCUT2D eigenvalue weighted by molar-refractivity contribution is -0.137. The fourth-order valence-electron chi connectivity index (χ4n) is 1.06. The molecule has 0 aromatic heterocycles. The zero-order valence-electron chi connectivity index (χ0n) is 8.91. The number of hydrogen-bond donors (Lipinski definition) is 1. The Hall–Kier alpha value is -1.98. The van der Waals surface area contributed by atoms with Crippen LogP contribution < -0.4 is 5.32 Å². The molecule has 6 heteroatoms. The molecular formula is C11H10F3NO2. The number of hydrogen-bond acceptors (Lipinski definition) is 3. The predicted octanol–water partition coefficient (Wildman–Crippen LogP) is 2.80. The second-order valence-corrected chi connectivity index (χ2v) is 3.08. The van der Waals surface area contributed by atoms with Gasteiger partial charge in [-0.2, -0.15) is 13.2 Å². The van der Waals surface area contributed by atoms with Gasteiger partial charge in [0.1, 0.15) is 0 Å². The van der Waals surface area contributed by atoms with E-state index in [9.17, 15) is 18.0 Å². The maximum Gasteiger partial charge on any atom is 0.416 e. The molecule has 0 radical (unpaired) electrons.